The molecule has 1 aromatic rings. The van der Waals surface area contributed by atoms with Crippen LogP contribution >= 0.6 is 0 Å². The van der Waals surface area contributed by atoms with Crippen LogP contribution in [0.1, 0.15) is 39.9 Å². The first kappa shape index (κ1) is 12.7. The Morgan fingerprint density at radius 3 is 2.62 bits per heavy atom. The van der Waals surface area contributed by atoms with Gasteiger partial charge in [-0.15, -0.1) is 0 Å². The number of hydrogen-bond donors (Lipinski definition) is 1. The van der Waals surface area contributed by atoms with Crippen LogP contribution in [0.5, 0.6) is 5.88 Å². The van der Waals surface area contributed by atoms with Crippen LogP contribution < -0.4 is 10.1 Å². The van der Waals surface area contributed by atoms with Crippen LogP contribution in [0, 0.1) is 0 Å². The van der Waals surface area contributed by atoms with Crippen LogP contribution in [0.2, 0.25) is 0 Å². The second-order valence-electron chi connectivity index (χ2n) is 4.01. The smallest absolute Gasteiger partial charge is 0.218 e. The van der Waals surface area contributed by atoms with Crippen LogP contribution in [-0.4, -0.2) is 22.6 Å². The third-order valence-corrected chi connectivity index (χ3v) is 1.96. The Balaban J connectivity index is 2.82. The first-order valence-corrected chi connectivity index (χ1v) is 5.93. The Labute approximate surface area is 97.5 Å². The number of nitrogens with zero attached hydrogens (tertiary/aromatic N) is 2. The van der Waals surface area contributed by atoms with E-state index in [1.165, 1.54) is 0 Å². The standard InChI is InChI=1S/C12H21N3O/c1-5-7-16-12-8-11(13-9(3)4)14-10(6-2)15-12/h8-9H,5-7H2,1-4H3,(H,13,14,15). The van der Waals surface area contributed by atoms with E-state index < -0.39 is 0 Å². The molecule has 0 aliphatic heterocycles. The Morgan fingerprint density at radius 2 is 2.06 bits per heavy atom. The van der Waals surface area contributed by atoms with Crippen LogP contribution in [0.15, 0.2) is 6.07 Å². The van der Waals surface area contributed by atoms with Gasteiger partial charge < -0.3 is 10.1 Å². The lowest BCUT2D eigenvalue weighted by Gasteiger charge is -2.12. The predicted molar refractivity (Wildman–Crippen MR) is 66.0 cm³/mol. The third kappa shape index (κ3) is 4.04. The van der Waals surface area contributed by atoms with Gasteiger partial charge >= 0.3 is 0 Å². The molecule has 0 radical (unpaired) electrons. The fraction of sp³-hybridized carbons (Fsp3) is 0.667. The Hall–Kier alpha value is -1.32. The number of nitrogens with one attached hydrogen (secondary N) is 1. The zero-order chi connectivity index (χ0) is 12.0. The van der Waals surface area contributed by atoms with E-state index in [-0.39, 0.29) is 0 Å². The molecular formula is C12H21N3O. The van der Waals surface area contributed by atoms with Crippen molar-refractivity contribution >= 4 is 5.82 Å². The molecule has 1 heterocycles. The van der Waals surface area contributed by atoms with E-state index >= 15 is 0 Å². The van der Waals surface area contributed by atoms with Gasteiger partial charge in [-0.05, 0) is 20.3 Å². The van der Waals surface area contributed by atoms with E-state index in [9.17, 15) is 0 Å². The average molecular weight is 223 g/mol. The van der Waals surface area contributed by atoms with E-state index in [1.807, 2.05) is 13.0 Å². The first-order valence-electron chi connectivity index (χ1n) is 5.93. The molecule has 0 aliphatic rings. The van der Waals surface area contributed by atoms with Crippen LogP contribution in [0.4, 0.5) is 5.82 Å². The summed E-state index contributed by atoms with van der Waals surface area (Å²) in [6, 6.07) is 2.22. The molecule has 1 N–H and O–H groups in total. The molecule has 1 aromatic heterocycles. The Kier molecular flexibility index (Phi) is 5.02. The Bertz CT molecular complexity index is 326. The molecule has 0 amide bonds. The molecule has 1 rings (SSSR count). The van der Waals surface area contributed by atoms with Crippen LogP contribution in [-0.2, 0) is 6.42 Å². The highest BCUT2D eigenvalue weighted by atomic mass is 16.5. The van der Waals surface area contributed by atoms with Crippen molar-refractivity contribution in [1.82, 2.24) is 9.97 Å². The van der Waals surface area contributed by atoms with Gasteiger partial charge in [0.1, 0.15) is 11.6 Å². The van der Waals surface area contributed by atoms with Crippen LogP contribution in [0.25, 0.3) is 0 Å². The molecule has 0 unspecified atom stereocenters. The molecule has 0 saturated heterocycles. The van der Waals surface area contributed by atoms with Gasteiger partial charge in [0.25, 0.3) is 0 Å². The van der Waals surface area contributed by atoms with Gasteiger partial charge in [0.2, 0.25) is 5.88 Å². The van der Waals surface area contributed by atoms with Gasteiger partial charge in [-0.1, -0.05) is 13.8 Å². The minimum atomic E-state index is 0.360. The largest absolute Gasteiger partial charge is 0.478 e. The lowest BCUT2D eigenvalue weighted by Crippen LogP contribution is -2.13. The lowest BCUT2D eigenvalue weighted by molar-refractivity contribution is 0.304. The number of anilines is 1. The molecule has 0 bridgehead atoms. The molecule has 0 saturated carbocycles. The molecule has 0 aliphatic carbocycles. The van der Waals surface area contributed by atoms with Crippen molar-refractivity contribution in [2.24, 2.45) is 0 Å². The van der Waals surface area contributed by atoms with Gasteiger partial charge in [-0.2, -0.15) is 4.98 Å². The molecule has 90 valence electrons. The summed E-state index contributed by atoms with van der Waals surface area (Å²) < 4.78 is 5.53. The lowest BCUT2D eigenvalue weighted by atomic mass is 10.3. The van der Waals surface area contributed by atoms with E-state index in [4.69, 9.17) is 4.74 Å². The molecule has 0 spiro atoms. The van der Waals surface area contributed by atoms with Crippen molar-refractivity contribution in [3.63, 3.8) is 0 Å². The highest BCUT2D eigenvalue weighted by molar-refractivity contribution is 5.39. The van der Waals surface area contributed by atoms with Gasteiger partial charge in [0.15, 0.2) is 0 Å². The number of aryl methyl sites for hydroxylation is 1. The summed E-state index contributed by atoms with van der Waals surface area (Å²) in [5.41, 5.74) is 0. The average Bonchev–Trinajstić information content (AvgIpc) is 2.25. The highest BCUT2D eigenvalue weighted by Gasteiger charge is 2.05. The Morgan fingerprint density at radius 1 is 1.31 bits per heavy atom. The summed E-state index contributed by atoms with van der Waals surface area (Å²) in [5.74, 6) is 2.32. The second-order valence-corrected chi connectivity index (χ2v) is 4.01. The van der Waals surface area contributed by atoms with Gasteiger partial charge in [-0.25, -0.2) is 4.98 Å². The maximum absolute atomic E-state index is 5.53. The summed E-state index contributed by atoms with van der Waals surface area (Å²) in [5, 5.41) is 3.27. The van der Waals surface area contributed by atoms with Gasteiger partial charge in [0.05, 0.1) is 6.61 Å². The molecule has 4 heteroatoms. The fourth-order valence-corrected chi connectivity index (χ4v) is 1.28. The summed E-state index contributed by atoms with van der Waals surface area (Å²) in [7, 11) is 0. The molecule has 4 nitrogen and oxygen atoms in total. The van der Waals surface area contributed by atoms with Crippen molar-refractivity contribution in [2.75, 3.05) is 11.9 Å². The number of rotatable bonds is 6. The fourth-order valence-electron chi connectivity index (χ4n) is 1.28. The van der Waals surface area contributed by atoms with Crippen molar-refractivity contribution in [3.8, 4) is 5.88 Å². The van der Waals surface area contributed by atoms with Crippen molar-refractivity contribution in [1.29, 1.82) is 0 Å². The van der Waals surface area contributed by atoms with Crippen molar-refractivity contribution < 1.29 is 4.74 Å². The summed E-state index contributed by atoms with van der Waals surface area (Å²) >= 11 is 0. The normalized spacial score (nSPS) is 10.6. The summed E-state index contributed by atoms with van der Waals surface area (Å²) in [6.45, 7) is 8.98. The molecule has 0 aromatic carbocycles. The van der Waals surface area contributed by atoms with Gasteiger partial charge in [0, 0.05) is 18.5 Å². The van der Waals surface area contributed by atoms with E-state index in [1.54, 1.807) is 0 Å². The molecule has 16 heavy (non-hydrogen) atoms. The summed E-state index contributed by atoms with van der Waals surface area (Å²) in [6.07, 6.45) is 1.80. The highest BCUT2D eigenvalue weighted by Crippen LogP contribution is 2.15. The van der Waals surface area contributed by atoms with E-state index in [0.717, 1.165) is 24.5 Å². The van der Waals surface area contributed by atoms with Crippen LogP contribution in [0.3, 0.4) is 0 Å². The van der Waals surface area contributed by atoms with Crippen molar-refractivity contribution in [2.45, 2.75) is 46.6 Å². The molecule has 0 atom stereocenters. The first-order chi connectivity index (χ1) is 7.65. The number of hydrogen-bond acceptors (Lipinski definition) is 4. The van der Waals surface area contributed by atoms with Crippen molar-refractivity contribution in [3.05, 3.63) is 11.9 Å². The van der Waals surface area contributed by atoms with Gasteiger partial charge in [-0.3, -0.25) is 0 Å². The molecule has 0 fully saturated rings. The quantitative estimate of drug-likeness (QED) is 0.805. The minimum Gasteiger partial charge on any atom is -0.478 e. The zero-order valence-corrected chi connectivity index (χ0v) is 10.6. The molecular weight excluding hydrogens is 202 g/mol. The minimum absolute atomic E-state index is 0.360. The maximum atomic E-state index is 5.53. The number of aromatic nitrogens is 2. The number of ether oxygens (including phenoxy) is 1. The maximum Gasteiger partial charge on any atom is 0.218 e. The topological polar surface area (TPSA) is 47.0 Å². The van der Waals surface area contributed by atoms with E-state index in [0.29, 0.717) is 18.5 Å². The predicted octanol–water partition coefficient (Wildman–Crippen LogP) is 2.65. The van der Waals surface area contributed by atoms with E-state index in [2.05, 4.69) is 36.1 Å². The zero-order valence-electron chi connectivity index (χ0n) is 10.6. The second kappa shape index (κ2) is 6.30. The third-order valence-electron chi connectivity index (χ3n) is 1.96. The summed E-state index contributed by atoms with van der Waals surface area (Å²) in [4.78, 5) is 8.72. The SMILES string of the molecule is CCCOc1cc(NC(C)C)nc(CC)n1. The monoisotopic (exact) mass is 223 g/mol.